The lowest BCUT2D eigenvalue weighted by atomic mass is 10.1. The first-order valence-electron chi connectivity index (χ1n) is 3.37. The van der Waals surface area contributed by atoms with E-state index in [0.29, 0.717) is 6.42 Å². The monoisotopic (exact) mass is 193 g/mol. The topological polar surface area (TPSA) is 126 Å². The summed E-state index contributed by atoms with van der Waals surface area (Å²) < 4.78 is 0. The summed E-state index contributed by atoms with van der Waals surface area (Å²) in [6.45, 7) is 0. The minimum Gasteiger partial charge on any atom is -0.480 e. The molecule has 7 N–H and O–H groups in total. The Morgan fingerprint density at radius 3 is 2.25 bits per heavy atom. The van der Waals surface area contributed by atoms with Gasteiger partial charge in [-0.3, -0.25) is 4.79 Å². The largest absolute Gasteiger partial charge is 0.480 e. The number of aliphatic carboxylic acids is 1. The van der Waals surface area contributed by atoms with Gasteiger partial charge in [-0.15, -0.1) is 5.28 Å². The van der Waals surface area contributed by atoms with Gasteiger partial charge in [0, 0.05) is 0 Å². The van der Waals surface area contributed by atoms with Crippen LogP contribution in [-0.2, 0) is 4.79 Å². The van der Waals surface area contributed by atoms with Gasteiger partial charge >= 0.3 is 5.97 Å². The average Bonchev–Trinajstić information content (AvgIpc) is 1.88. The second-order valence-corrected chi connectivity index (χ2v) is 2.81. The molecule has 72 valence electrons. The minimum atomic E-state index is -0.899. The van der Waals surface area contributed by atoms with Crippen LogP contribution in [0.2, 0.25) is 5.28 Å². The summed E-state index contributed by atoms with van der Waals surface area (Å²) in [7, 11) is 0. The van der Waals surface area contributed by atoms with E-state index in [1.165, 1.54) is 0 Å². The molecule has 0 amide bonds. The van der Waals surface area contributed by atoms with Crippen LogP contribution in [0.15, 0.2) is 0 Å². The molecule has 0 unspecified atom stereocenters. The average molecular weight is 193 g/mol. The molecule has 6 heteroatoms. The summed E-state index contributed by atoms with van der Waals surface area (Å²) in [6, 6.07) is -0.670. The maximum atomic E-state index is 10.2. The number of unbranched alkanes of at least 4 members (excludes halogenated alkanes) is 1. The first-order chi connectivity index (χ1) is 4.68. The number of carbonyl (C=O) groups is 1. The maximum Gasteiger partial charge on any atom is 0.320 e. The van der Waals surface area contributed by atoms with Crippen molar-refractivity contribution in [1.82, 2.24) is 0 Å². The Bertz CT molecular complexity index is 112. The van der Waals surface area contributed by atoms with E-state index in [2.05, 4.69) is 16.3 Å². The third-order valence-electron chi connectivity index (χ3n) is 1.29. The van der Waals surface area contributed by atoms with Crippen molar-refractivity contribution < 1.29 is 20.9 Å². The number of nitrogens with two attached hydrogens (primary N) is 1. The van der Waals surface area contributed by atoms with Gasteiger partial charge in [-0.05, 0) is 6.42 Å². The Kier molecular flexibility index (Phi) is 16.2. The van der Waals surface area contributed by atoms with Crippen LogP contribution in [0, 0.1) is 0 Å². The van der Waals surface area contributed by atoms with Gasteiger partial charge in [0.2, 0.25) is 0 Å². The second kappa shape index (κ2) is 10.9. The molecular formula is C6H16AlNO4. The predicted molar refractivity (Wildman–Crippen MR) is 47.3 cm³/mol. The molecule has 0 bridgehead atoms. The van der Waals surface area contributed by atoms with Crippen LogP contribution < -0.4 is 5.73 Å². The van der Waals surface area contributed by atoms with Crippen LogP contribution >= 0.6 is 0 Å². The van der Waals surface area contributed by atoms with Crippen LogP contribution in [0.25, 0.3) is 0 Å². The Morgan fingerprint density at radius 2 is 1.92 bits per heavy atom. The number of hydrogen-bond acceptors (Lipinski definition) is 2. The summed E-state index contributed by atoms with van der Waals surface area (Å²) in [5.74, 6) is -0.899. The molecule has 5 nitrogen and oxygen atoms in total. The molecule has 0 aromatic heterocycles. The first-order valence-corrected chi connectivity index (χ1v) is 4.18. The smallest absolute Gasteiger partial charge is 0.320 e. The molecule has 0 aliphatic rings. The van der Waals surface area contributed by atoms with Gasteiger partial charge < -0.3 is 21.8 Å². The highest BCUT2D eigenvalue weighted by Crippen LogP contribution is 2.00. The van der Waals surface area contributed by atoms with E-state index in [1.54, 1.807) is 0 Å². The molecule has 0 spiro atoms. The predicted octanol–water partition coefficient (Wildman–Crippen LogP) is -1.49. The van der Waals surface area contributed by atoms with Crippen molar-refractivity contribution in [3.63, 3.8) is 0 Å². The standard InChI is InChI=1S/C6H12NO2.Al.2H2O/c1-2-3-4-5(7)6(8)9;;;/h5H,1-4,7H2,(H,8,9);;2*1H2/t5-;;;/m0.../s1. The lowest BCUT2D eigenvalue weighted by molar-refractivity contribution is -0.138. The van der Waals surface area contributed by atoms with Crippen molar-refractivity contribution in [2.24, 2.45) is 5.73 Å². The number of carboxylic acids is 1. The lowest BCUT2D eigenvalue weighted by Crippen LogP contribution is -2.29. The number of rotatable bonds is 5. The highest BCUT2D eigenvalue weighted by molar-refractivity contribution is 6.08. The van der Waals surface area contributed by atoms with E-state index in [4.69, 9.17) is 10.8 Å². The lowest BCUT2D eigenvalue weighted by Gasteiger charge is -2.03. The van der Waals surface area contributed by atoms with E-state index < -0.39 is 12.0 Å². The molecule has 0 heterocycles. The van der Waals surface area contributed by atoms with E-state index in [-0.39, 0.29) is 11.0 Å². The van der Waals surface area contributed by atoms with Crippen molar-refractivity contribution in [3.8, 4) is 0 Å². The van der Waals surface area contributed by atoms with E-state index >= 15 is 0 Å². The Hall–Kier alpha value is -0.118. The summed E-state index contributed by atoms with van der Waals surface area (Å²) in [4.78, 5) is 10.2. The Labute approximate surface area is 80.0 Å². The van der Waals surface area contributed by atoms with E-state index in [0.717, 1.165) is 18.1 Å². The highest BCUT2D eigenvalue weighted by atomic mass is 27.0. The fourth-order valence-electron chi connectivity index (χ4n) is 0.632. The van der Waals surface area contributed by atoms with Gasteiger partial charge in [0.15, 0.2) is 0 Å². The van der Waals surface area contributed by atoms with Crippen LogP contribution in [0.5, 0.6) is 0 Å². The minimum absolute atomic E-state index is 0. The van der Waals surface area contributed by atoms with Gasteiger partial charge in [0.05, 0.1) is 0 Å². The fourth-order valence-corrected chi connectivity index (χ4v) is 0.921. The third-order valence-corrected chi connectivity index (χ3v) is 1.69. The second-order valence-electron chi connectivity index (χ2n) is 2.23. The molecule has 0 saturated carbocycles. The van der Waals surface area contributed by atoms with Crippen molar-refractivity contribution in [2.75, 3.05) is 0 Å². The van der Waals surface area contributed by atoms with Crippen LogP contribution in [-0.4, -0.2) is 44.4 Å². The van der Waals surface area contributed by atoms with Crippen LogP contribution in [0.1, 0.15) is 19.3 Å². The first kappa shape index (κ1) is 17.8. The summed E-state index contributed by atoms with van der Waals surface area (Å²) in [6.07, 6.45) is 2.52. The molecular weight excluding hydrogens is 177 g/mol. The van der Waals surface area contributed by atoms with E-state index in [9.17, 15) is 4.79 Å². The summed E-state index contributed by atoms with van der Waals surface area (Å²) in [5, 5.41) is 9.37. The zero-order chi connectivity index (χ0) is 7.98. The molecule has 0 saturated heterocycles. The van der Waals surface area contributed by atoms with Crippen LogP contribution in [0.3, 0.4) is 0 Å². The van der Waals surface area contributed by atoms with Gasteiger partial charge in [0.25, 0.3) is 0 Å². The normalized spacial score (nSPS) is 10.8. The molecule has 0 aliphatic heterocycles. The molecule has 12 heavy (non-hydrogen) atoms. The highest BCUT2D eigenvalue weighted by Gasteiger charge is 2.09. The quantitative estimate of drug-likeness (QED) is 0.407. The molecule has 0 aromatic rings. The zero-order valence-electron chi connectivity index (χ0n) is 6.92. The molecule has 0 aliphatic carbocycles. The number of carboxylic acid groups (broad SMARTS) is 1. The van der Waals surface area contributed by atoms with Crippen molar-refractivity contribution in [1.29, 1.82) is 0 Å². The van der Waals surface area contributed by atoms with Gasteiger partial charge in [-0.2, -0.15) is 0 Å². The van der Waals surface area contributed by atoms with Crippen LogP contribution in [0.4, 0.5) is 0 Å². The zero-order valence-corrected chi connectivity index (χ0v) is 8.07. The molecule has 0 rings (SSSR count). The van der Waals surface area contributed by atoms with Gasteiger partial charge in [-0.1, -0.05) is 12.8 Å². The molecule has 1 atom stereocenters. The molecule has 2 radical (unpaired) electrons. The summed E-state index contributed by atoms with van der Waals surface area (Å²) in [5.41, 5.74) is 5.25. The molecule has 0 aromatic carbocycles. The Balaban J connectivity index is -0.000000405. The van der Waals surface area contributed by atoms with Gasteiger partial charge in [0.1, 0.15) is 22.3 Å². The Morgan fingerprint density at radius 1 is 1.42 bits per heavy atom. The SMILES string of the molecule is N[C@@H](CCC[CH2][Al])C(=O)O.O.O. The van der Waals surface area contributed by atoms with Crippen molar-refractivity contribution >= 4 is 22.3 Å². The van der Waals surface area contributed by atoms with Gasteiger partial charge in [-0.25, -0.2) is 0 Å². The fraction of sp³-hybridized carbons (Fsp3) is 0.833. The number of hydrogen-bond donors (Lipinski definition) is 2. The maximum absolute atomic E-state index is 10.2. The molecule has 0 fully saturated rings. The third kappa shape index (κ3) is 9.88. The van der Waals surface area contributed by atoms with E-state index in [1.807, 2.05) is 0 Å². The van der Waals surface area contributed by atoms with Crippen molar-refractivity contribution in [2.45, 2.75) is 30.6 Å². The summed E-state index contributed by atoms with van der Waals surface area (Å²) >= 11 is 2.60. The van der Waals surface area contributed by atoms with Crippen molar-refractivity contribution in [3.05, 3.63) is 0 Å².